The van der Waals surface area contributed by atoms with Gasteiger partial charge in [0.1, 0.15) is 11.6 Å². The maximum Gasteiger partial charge on any atom is 0.307 e. The number of carboxylic acids is 1. The number of benzene rings is 1. The highest BCUT2D eigenvalue weighted by molar-refractivity contribution is 6.12. The van der Waals surface area contributed by atoms with Crippen LogP contribution in [0.2, 0.25) is 0 Å². The molecule has 1 aromatic carbocycles. The van der Waals surface area contributed by atoms with E-state index in [1.807, 2.05) is 0 Å². The second-order valence-electron chi connectivity index (χ2n) is 4.33. The van der Waals surface area contributed by atoms with Gasteiger partial charge in [-0.2, -0.15) is 0 Å². The number of rotatable bonds is 1. The van der Waals surface area contributed by atoms with E-state index in [1.54, 1.807) is 0 Å². The molecular formula is C11H7F2NO3. The number of carbonyl (C=O) groups excluding carboxylic acids is 1. The molecule has 0 bridgehead atoms. The fourth-order valence-electron chi connectivity index (χ4n) is 2.56. The second kappa shape index (κ2) is 2.82. The van der Waals surface area contributed by atoms with Gasteiger partial charge in [-0.3, -0.25) is 9.59 Å². The van der Waals surface area contributed by atoms with E-state index in [9.17, 15) is 18.4 Å². The highest BCUT2D eigenvalue weighted by Crippen LogP contribution is 2.60. The maximum absolute atomic E-state index is 13.7. The molecule has 2 unspecified atom stereocenters. The first-order chi connectivity index (χ1) is 7.96. The summed E-state index contributed by atoms with van der Waals surface area (Å²) in [4.78, 5) is 22.6. The molecule has 4 nitrogen and oxygen atoms in total. The number of nitrogens with one attached hydrogen (secondary N) is 1. The van der Waals surface area contributed by atoms with Crippen molar-refractivity contribution in [1.29, 1.82) is 0 Å². The number of amides is 1. The highest BCUT2D eigenvalue weighted by Gasteiger charge is 2.69. The summed E-state index contributed by atoms with van der Waals surface area (Å²) in [6.07, 6.45) is 0.0592. The van der Waals surface area contributed by atoms with Crippen LogP contribution in [0.1, 0.15) is 12.0 Å². The number of hydrogen-bond acceptors (Lipinski definition) is 2. The van der Waals surface area contributed by atoms with Crippen molar-refractivity contribution in [3.63, 3.8) is 0 Å². The number of carbonyl (C=O) groups is 2. The summed E-state index contributed by atoms with van der Waals surface area (Å²) in [7, 11) is 0. The van der Waals surface area contributed by atoms with Crippen molar-refractivity contribution in [2.24, 2.45) is 5.92 Å². The van der Waals surface area contributed by atoms with Crippen molar-refractivity contribution < 1.29 is 23.5 Å². The molecule has 1 spiro atoms. The van der Waals surface area contributed by atoms with Crippen molar-refractivity contribution >= 4 is 17.6 Å². The molecule has 0 radical (unpaired) electrons. The summed E-state index contributed by atoms with van der Waals surface area (Å²) in [5, 5.41) is 11.2. The van der Waals surface area contributed by atoms with Crippen LogP contribution in [0, 0.1) is 17.6 Å². The molecule has 1 aromatic rings. The minimum absolute atomic E-state index is 0.0173. The molecular weight excluding hydrogens is 232 g/mol. The molecule has 1 saturated carbocycles. The Morgan fingerprint density at radius 3 is 2.76 bits per heavy atom. The first-order valence-corrected chi connectivity index (χ1v) is 5.00. The number of halogens is 2. The monoisotopic (exact) mass is 239 g/mol. The Kier molecular flexibility index (Phi) is 1.69. The molecule has 1 aliphatic heterocycles. The first kappa shape index (κ1) is 10.2. The molecule has 17 heavy (non-hydrogen) atoms. The maximum atomic E-state index is 13.7. The Hall–Kier alpha value is -1.98. The van der Waals surface area contributed by atoms with Crippen LogP contribution in [-0.4, -0.2) is 17.0 Å². The van der Waals surface area contributed by atoms with Crippen molar-refractivity contribution in [3.8, 4) is 0 Å². The van der Waals surface area contributed by atoms with Gasteiger partial charge in [-0.25, -0.2) is 8.78 Å². The fraction of sp³-hybridized carbons (Fsp3) is 0.273. The van der Waals surface area contributed by atoms with Gasteiger partial charge in [0.2, 0.25) is 5.91 Å². The van der Waals surface area contributed by atoms with Crippen LogP contribution in [0.5, 0.6) is 0 Å². The van der Waals surface area contributed by atoms with E-state index < -0.39 is 34.8 Å². The van der Waals surface area contributed by atoms with Crippen molar-refractivity contribution in [3.05, 3.63) is 29.3 Å². The Bertz CT molecular complexity index is 572. The molecule has 3 rings (SSSR count). The van der Waals surface area contributed by atoms with E-state index in [1.165, 1.54) is 0 Å². The number of aliphatic carboxylic acids is 1. The number of fused-ring (bicyclic) bond motifs is 2. The predicted molar refractivity (Wildman–Crippen MR) is 52.4 cm³/mol. The third-order valence-corrected chi connectivity index (χ3v) is 3.41. The van der Waals surface area contributed by atoms with Crippen molar-refractivity contribution in [1.82, 2.24) is 0 Å². The summed E-state index contributed by atoms with van der Waals surface area (Å²) < 4.78 is 26.6. The van der Waals surface area contributed by atoms with E-state index in [0.29, 0.717) is 6.07 Å². The molecule has 2 atom stereocenters. The smallest absolute Gasteiger partial charge is 0.307 e. The van der Waals surface area contributed by atoms with Crippen LogP contribution in [0.4, 0.5) is 14.5 Å². The van der Waals surface area contributed by atoms with E-state index >= 15 is 0 Å². The van der Waals surface area contributed by atoms with E-state index in [0.717, 1.165) is 6.07 Å². The molecule has 6 heteroatoms. The molecule has 0 aromatic heterocycles. The van der Waals surface area contributed by atoms with E-state index in [4.69, 9.17) is 5.11 Å². The lowest BCUT2D eigenvalue weighted by molar-refractivity contribution is -0.140. The molecule has 2 aliphatic rings. The molecule has 1 amide bonds. The third kappa shape index (κ3) is 1.09. The Labute approximate surface area is 94.2 Å². The van der Waals surface area contributed by atoms with Gasteiger partial charge in [0.25, 0.3) is 0 Å². The van der Waals surface area contributed by atoms with Crippen molar-refractivity contribution in [2.75, 3.05) is 5.32 Å². The zero-order valence-corrected chi connectivity index (χ0v) is 8.46. The Morgan fingerprint density at radius 2 is 2.18 bits per heavy atom. The average Bonchev–Trinajstić information content (AvgIpc) is 2.86. The Balaban J connectivity index is 2.19. The molecule has 1 heterocycles. The largest absolute Gasteiger partial charge is 0.481 e. The number of anilines is 1. The highest BCUT2D eigenvalue weighted by atomic mass is 19.1. The molecule has 2 N–H and O–H groups in total. The number of hydrogen-bond donors (Lipinski definition) is 2. The summed E-state index contributed by atoms with van der Waals surface area (Å²) in [6, 6.07) is 1.67. The second-order valence-corrected chi connectivity index (χ2v) is 4.33. The lowest BCUT2D eigenvalue weighted by Gasteiger charge is -2.07. The SMILES string of the molecule is O=C(O)C1CC12C(=O)Nc1cc(F)cc(F)c12. The lowest BCUT2D eigenvalue weighted by atomic mass is 9.94. The zero-order chi connectivity index (χ0) is 12.4. The van der Waals surface area contributed by atoms with Gasteiger partial charge in [-0.1, -0.05) is 0 Å². The van der Waals surface area contributed by atoms with Crippen LogP contribution in [0.15, 0.2) is 12.1 Å². The van der Waals surface area contributed by atoms with E-state index in [2.05, 4.69) is 5.32 Å². The number of carboxylic acid groups (broad SMARTS) is 1. The third-order valence-electron chi connectivity index (χ3n) is 3.41. The predicted octanol–water partition coefficient (Wildman–Crippen LogP) is 1.26. The van der Waals surface area contributed by atoms with Gasteiger partial charge < -0.3 is 10.4 Å². The average molecular weight is 239 g/mol. The molecule has 1 aliphatic carbocycles. The molecule has 1 fully saturated rings. The standard InChI is InChI=1S/C11H7F2NO3/c12-4-1-6(13)8-7(2-4)14-10(17)11(8)3-5(11)9(15)16/h1-2,5H,3H2,(H,14,17)(H,15,16). The van der Waals surface area contributed by atoms with Crippen molar-refractivity contribution in [2.45, 2.75) is 11.8 Å². The van der Waals surface area contributed by atoms with Crippen LogP contribution in [0.3, 0.4) is 0 Å². The van der Waals surface area contributed by atoms with Gasteiger partial charge in [-0.05, 0) is 12.5 Å². The molecule has 0 saturated heterocycles. The van der Waals surface area contributed by atoms with Crippen LogP contribution in [0.25, 0.3) is 0 Å². The summed E-state index contributed by atoms with van der Waals surface area (Å²) >= 11 is 0. The Morgan fingerprint density at radius 1 is 1.47 bits per heavy atom. The summed E-state index contributed by atoms with van der Waals surface area (Å²) in [6.45, 7) is 0. The van der Waals surface area contributed by atoms with Gasteiger partial charge >= 0.3 is 5.97 Å². The summed E-state index contributed by atoms with van der Waals surface area (Å²) in [5.41, 5.74) is -1.31. The van der Waals surface area contributed by atoms with Gasteiger partial charge in [0.15, 0.2) is 0 Å². The van der Waals surface area contributed by atoms with Gasteiger partial charge in [0, 0.05) is 11.6 Å². The minimum atomic E-state index is -1.33. The topological polar surface area (TPSA) is 66.4 Å². The molecule has 88 valence electrons. The minimum Gasteiger partial charge on any atom is -0.481 e. The van der Waals surface area contributed by atoms with E-state index in [-0.39, 0.29) is 17.7 Å². The van der Waals surface area contributed by atoms with Gasteiger partial charge in [-0.15, -0.1) is 0 Å². The quantitative estimate of drug-likeness (QED) is 0.775. The van der Waals surface area contributed by atoms with Gasteiger partial charge in [0.05, 0.1) is 17.0 Å². The van der Waals surface area contributed by atoms with Crippen LogP contribution < -0.4 is 5.32 Å². The fourth-order valence-corrected chi connectivity index (χ4v) is 2.56. The summed E-state index contributed by atoms with van der Waals surface area (Å²) in [5.74, 6) is -4.31. The van der Waals surface area contributed by atoms with Crippen LogP contribution in [-0.2, 0) is 15.0 Å². The lowest BCUT2D eigenvalue weighted by Crippen LogP contribution is -2.24. The zero-order valence-electron chi connectivity index (χ0n) is 8.46. The normalized spacial score (nSPS) is 29.1. The first-order valence-electron chi connectivity index (χ1n) is 5.00. The van der Waals surface area contributed by atoms with Crippen LogP contribution >= 0.6 is 0 Å².